The van der Waals surface area contributed by atoms with Crippen molar-refractivity contribution < 1.29 is 13.2 Å². The summed E-state index contributed by atoms with van der Waals surface area (Å²) in [6.45, 7) is 2.30. The van der Waals surface area contributed by atoms with Crippen LogP contribution < -0.4 is 5.30 Å². The van der Waals surface area contributed by atoms with Crippen LogP contribution in [0.1, 0.15) is 76.7 Å². The molecule has 0 heterocycles. The van der Waals surface area contributed by atoms with Gasteiger partial charge in [-0.05, 0) is 92.7 Å². The molecule has 0 nitrogen and oxygen atoms in total. The van der Waals surface area contributed by atoms with Crippen LogP contribution in [0, 0.1) is 35.3 Å². The van der Waals surface area contributed by atoms with Crippen molar-refractivity contribution in [3.8, 4) is 0 Å². The number of alkyl halides is 1. The summed E-state index contributed by atoms with van der Waals surface area (Å²) in [5.74, 6) is 0.926. The number of halogens is 3. The van der Waals surface area contributed by atoms with Gasteiger partial charge in [0.25, 0.3) is 0 Å². The zero-order chi connectivity index (χ0) is 20.3. The van der Waals surface area contributed by atoms with Gasteiger partial charge in [0.1, 0.15) is 5.41 Å². The highest BCUT2D eigenvalue weighted by Gasteiger charge is 2.39. The second kappa shape index (κ2) is 9.78. The molecule has 0 bridgehead atoms. The number of hydrogen-bond donors (Lipinski definition) is 0. The fraction of sp³-hybridized carbons (Fsp3) is 0.739. The molecule has 3 unspecified atom stereocenters. The molecule has 0 aliphatic heterocycles. The Hall–Kier alpha value is -0.130. The van der Waals surface area contributed by atoms with Gasteiger partial charge in [0, 0.05) is 5.30 Å². The van der Waals surface area contributed by atoms with Gasteiger partial charge < -0.3 is 0 Å². The van der Waals surface area contributed by atoms with E-state index < -0.39 is 17.0 Å². The minimum absolute atomic E-state index is 0.0569. The summed E-state index contributed by atoms with van der Waals surface area (Å²) >= 11 is 0. The van der Waals surface area contributed by atoms with E-state index in [0.717, 1.165) is 43.4 Å². The number of rotatable bonds is 6. The zero-order valence-electron chi connectivity index (χ0n) is 17.0. The largest absolute Gasteiger partial charge is 0.239 e. The molecule has 0 N–H and O–H groups in total. The fourth-order valence-electron chi connectivity index (χ4n) is 5.49. The Kier molecular flexibility index (Phi) is 7.88. The minimum atomic E-state index is -1.32. The summed E-state index contributed by atoms with van der Waals surface area (Å²) in [7, 11) is 4.65. The second-order valence-electron chi connectivity index (χ2n) is 9.21. The van der Waals surface area contributed by atoms with Crippen molar-refractivity contribution >= 4 is 23.8 Å². The Morgan fingerprint density at radius 2 is 1.54 bits per heavy atom. The Bertz CT molecular complexity index is 622. The summed E-state index contributed by atoms with van der Waals surface area (Å²) in [5, 5.41) is -1.11. The van der Waals surface area contributed by atoms with Crippen molar-refractivity contribution in [3.05, 3.63) is 29.3 Å². The van der Waals surface area contributed by atoms with Crippen molar-refractivity contribution in [2.45, 2.75) is 83.0 Å². The third-order valence-corrected chi connectivity index (χ3v) is 8.68. The highest BCUT2D eigenvalue weighted by molar-refractivity contribution is 7.27. The highest BCUT2D eigenvalue weighted by Crippen LogP contribution is 2.48. The van der Waals surface area contributed by atoms with Crippen LogP contribution in [-0.4, -0.2) is 5.41 Å². The fourth-order valence-corrected chi connectivity index (χ4v) is 6.32. The lowest BCUT2D eigenvalue weighted by atomic mass is 9.68. The molecule has 0 saturated heterocycles. The van der Waals surface area contributed by atoms with Gasteiger partial charge in [-0.3, -0.25) is 0 Å². The Labute approximate surface area is 173 Å². The first-order chi connectivity index (χ1) is 13.3. The Balaban J connectivity index is 1.49. The molecule has 3 atom stereocenters. The van der Waals surface area contributed by atoms with Crippen LogP contribution in [0.25, 0.3) is 0 Å². The van der Waals surface area contributed by atoms with Crippen LogP contribution >= 0.6 is 18.5 Å². The molecule has 0 radical (unpaired) electrons. The van der Waals surface area contributed by atoms with Gasteiger partial charge >= 0.3 is 0 Å². The van der Waals surface area contributed by atoms with E-state index in [0.29, 0.717) is 18.4 Å². The first-order valence-corrected chi connectivity index (χ1v) is 12.2. The van der Waals surface area contributed by atoms with Gasteiger partial charge in [0.15, 0.2) is 11.6 Å². The maximum atomic E-state index is 15.4. The van der Waals surface area contributed by atoms with E-state index in [1.54, 1.807) is 6.07 Å². The van der Waals surface area contributed by atoms with E-state index in [4.69, 9.17) is 0 Å². The van der Waals surface area contributed by atoms with Crippen LogP contribution in [0.4, 0.5) is 13.2 Å². The monoisotopic (exact) mass is 430 g/mol. The lowest BCUT2D eigenvalue weighted by Gasteiger charge is -2.41. The first kappa shape index (κ1) is 22.6. The van der Waals surface area contributed by atoms with E-state index >= 15 is 4.39 Å². The van der Waals surface area contributed by atoms with E-state index in [2.05, 4.69) is 25.4 Å². The van der Waals surface area contributed by atoms with Gasteiger partial charge in [-0.2, -0.15) is 0 Å². The average Bonchev–Trinajstić information content (AvgIpc) is 2.70. The number of hydrogen-bond acceptors (Lipinski definition) is 0. The van der Waals surface area contributed by atoms with E-state index in [-0.39, 0.29) is 11.2 Å². The van der Waals surface area contributed by atoms with Crippen molar-refractivity contribution in [1.82, 2.24) is 0 Å². The molecule has 3 rings (SSSR count). The molecule has 1 aromatic rings. The summed E-state index contributed by atoms with van der Waals surface area (Å²) in [6, 6.07) is 2.81. The average molecular weight is 430 g/mol. The van der Waals surface area contributed by atoms with Gasteiger partial charge in [-0.1, -0.05) is 35.4 Å². The van der Waals surface area contributed by atoms with Gasteiger partial charge in [-0.15, -0.1) is 9.24 Å². The van der Waals surface area contributed by atoms with Crippen LogP contribution in [0.3, 0.4) is 0 Å². The number of aryl methyl sites for hydroxylation is 1. The van der Waals surface area contributed by atoms with E-state index in [1.165, 1.54) is 38.2 Å². The maximum Gasteiger partial charge on any atom is 0.165 e. The second-order valence-corrected chi connectivity index (χ2v) is 10.8. The molecule has 0 amide bonds. The summed E-state index contributed by atoms with van der Waals surface area (Å²) in [4.78, 5) is 0. The van der Waals surface area contributed by atoms with Crippen molar-refractivity contribution in [2.75, 3.05) is 0 Å². The predicted octanol–water partition coefficient (Wildman–Crippen LogP) is 6.96. The molecule has 1 aromatic carbocycles. The quantitative estimate of drug-likeness (QED) is 0.428. The SMILES string of the molecule is CCC1CCC(C2CCC(C(F)(P)CCc3cc(F)c(F)c(P)c3)CC2)CC1. The van der Waals surface area contributed by atoms with Gasteiger partial charge in [0.2, 0.25) is 0 Å². The highest BCUT2D eigenvalue weighted by atomic mass is 31.0. The molecular formula is C23H35F3P2. The first-order valence-electron chi connectivity index (χ1n) is 11.0. The maximum absolute atomic E-state index is 15.4. The predicted molar refractivity (Wildman–Crippen MR) is 119 cm³/mol. The number of benzene rings is 1. The van der Waals surface area contributed by atoms with Crippen LogP contribution in [0.2, 0.25) is 0 Å². The van der Waals surface area contributed by atoms with Gasteiger partial charge in [-0.25, -0.2) is 13.2 Å². The molecule has 2 aliphatic rings. The molecule has 158 valence electrons. The third kappa shape index (κ3) is 5.51. The van der Waals surface area contributed by atoms with Crippen molar-refractivity contribution in [2.24, 2.45) is 23.7 Å². The van der Waals surface area contributed by atoms with E-state index in [1.807, 2.05) is 0 Å². The van der Waals surface area contributed by atoms with Crippen molar-refractivity contribution in [3.63, 3.8) is 0 Å². The smallest absolute Gasteiger partial charge is 0.165 e. The molecule has 2 fully saturated rings. The Morgan fingerprint density at radius 1 is 0.964 bits per heavy atom. The summed E-state index contributed by atoms with van der Waals surface area (Å²) in [5.41, 5.74) is 0.662. The molecular weight excluding hydrogens is 395 g/mol. The van der Waals surface area contributed by atoms with Crippen LogP contribution in [0.15, 0.2) is 12.1 Å². The lowest BCUT2D eigenvalue weighted by molar-refractivity contribution is 0.0865. The van der Waals surface area contributed by atoms with Crippen LogP contribution in [-0.2, 0) is 6.42 Å². The topological polar surface area (TPSA) is 0 Å². The van der Waals surface area contributed by atoms with Crippen molar-refractivity contribution in [1.29, 1.82) is 0 Å². The van der Waals surface area contributed by atoms with E-state index in [9.17, 15) is 8.78 Å². The zero-order valence-corrected chi connectivity index (χ0v) is 19.3. The molecule has 2 saturated carbocycles. The van der Waals surface area contributed by atoms with Gasteiger partial charge in [0.05, 0.1) is 0 Å². The Morgan fingerprint density at radius 3 is 2.07 bits per heavy atom. The minimum Gasteiger partial charge on any atom is -0.239 e. The lowest BCUT2D eigenvalue weighted by Crippen LogP contribution is -2.33. The normalized spacial score (nSPS) is 30.8. The third-order valence-electron chi connectivity index (χ3n) is 7.50. The van der Waals surface area contributed by atoms with Crippen LogP contribution in [0.5, 0.6) is 0 Å². The molecule has 0 spiro atoms. The molecule has 2 aliphatic carbocycles. The summed E-state index contributed by atoms with van der Waals surface area (Å²) < 4.78 is 42.4. The standard InChI is InChI=1S/C23H35F3P2/c1-2-15-3-5-17(6-4-15)18-7-9-19(10-8-18)23(26,28)12-11-16-13-20(24)22(25)21(27)14-16/h13-15,17-19H,2-12,27-28H2,1H3. The molecule has 0 aromatic heterocycles. The summed E-state index contributed by atoms with van der Waals surface area (Å²) in [6.07, 6.45) is 11.8. The molecule has 28 heavy (non-hydrogen) atoms. The molecule has 5 heteroatoms.